The van der Waals surface area contributed by atoms with Gasteiger partial charge in [-0.15, -0.1) is 12.4 Å². The second-order valence-corrected chi connectivity index (χ2v) is 6.35. The van der Waals surface area contributed by atoms with E-state index in [0.29, 0.717) is 23.0 Å². The van der Waals surface area contributed by atoms with Crippen LogP contribution in [0.1, 0.15) is 30.1 Å². The van der Waals surface area contributed by atoms with Crippen molar-refractivity contribution in [2.45, 2.75) is 25.8 Å². The highest BCUT2D eigenvalue weighted by atomic mass is 79.9. The van der Waals surface area contributed by atoms with Gasteiger partial charge in [0.15, 0.2) is 0 Å². The Hall–Kier alpha value is -0.290. The van der Waals surface area contributed by atoms with Gasteiger partial charge in [-0.05, 0) is 46.8 Å². The Morgan fingerprint density at radius 1 is 1.55 bits per heavy atom. The molecule has 0 radical (unpaired) electrons. The fourth-order valence-electron chi connectivity index (χ4n) is 2.57. The number of halogens is 3. The van der Waals surface area contributed by atoms with Gasteiger partial charge >= 0.3 is 0 Å². The van der Waals surface area contributed by atoms with Gasteiger partial charge in [0.05, 0.1) is 10.6 Å². The average Bonchev–Trinajstić information content (AvgIpc) is 2.41. The third-order valence-electron chi connectivity index (χ3n) is 3.69. The highest BCUT2D eigenvalue weighted by molar-refractivity contribution is 9.10. The van der Waals surface area contributed by atoms with Crippen LogP contribution in [-0.4, -0.2) is 29.9 Å². The number of nitrogens with zero attached hydrogens (tertiary/aromatic N) is 1. The largest absolute Gasteiger partial charge is 0.334 e. The molecule has 1 fully saturated rings. The number of hydrogen-bond donors (Lipinski definition) is 1. The van der Waals surface area contributed by atoms with Gasteiger partial charge in [0.25, 0.3) is 5.91 Å². The molecule has 1 aliphatic rings. The first-order chi connectivity index (χ1) is 9.04. The van der Waals surface area contributed by atoms with Crippen molar-refractivity contribution in [2.75, 3.05) is 13.1 Å². The van der Waals surface area contributed by atoms with E-state index in [4.69, 9.17) is 17.3 Å². The summed E-state index contributed by atoms with van der Waals surface area (Å²) < 4.78 is 0.745. The van der Waals surface area contributed by atoms with Crippen LogP contribution in [0.5, 0.6) is 0 Å². The fourth-order valence-corrected chi connectivity index (χ4v) is 3.14. The Morgan fingerprint density at radius 3 is 2.90 bits per heavy atom. The lowest BCUT2D eigenvalue weighted by Gasteiger charge is -2.38. The summed E-state index contributed by atoms with van der Waals surface area (Å²) in [6, 6.07) is 5.54. The Morgan fingerprint density at radius 2 is 2.25 bits per heavy atom. The molecule has 1 aromatic carbocycles. The maximum Gasteiger partial charge on any atom is 0.255 e. The second kappa shape index (κ2) is 7.64. The minimum Gasteiger partial charge on any atom is -0.334 e. The van der Waals surface area contributed by atoms with Crippen molar-refractivity contribution >= 4 is 45.8 Å². The zero-order valence-electron chi connectivity index (χ0n) is 11.3. The summed E-state index contributed by atoms with van der Waals surface area (Å²) >= 11 is 9.55. The number of hydrogen-bond acceptors (Lipinski definition) is 2. The van der Waals surface area contributed by atoms with Crippen LogP contribution in [0.4, 0.5) is 0 Å². The molecule has 1 saturated heterocycles. The average molecular weight is 382 g/mol. The summed E-state index contributed by atoms with van der Waals surface area (Å²) in [5.74, 6) is 0.601. The lowest BCUT2D eigenvalue weighted by atomic mass is 9.92. The van der Waals surface area contributed by atoms with Crippen molar-refractivity contribution in [3.63, 3.8) is 0 Å². The summed E-state index contributed by atoms with van der Waals surface area (Å²) in [6.07, 6.45) is 1.99. The minimum absolute atomic E-state index is 0. The first kappa shape index (κ1) is 17.8. The maximum absolute atomic E-state index is 12.6. The smallest absolute Gasteiger partial charge is 0.255 e. The van der Waals surface area contributed by atoms with Crippen molar-refractivity contribution in [3.8, 4) is 0 Å². The zero-order valence-corrected chi connectivity index (χ0v) is 14.5. The fraction of sp³-hybridized carbons (Fsp3) is 0.500. The van der Waals surface area contributed by atoms with Crippen LogP contribution in [-0.2, 0) is 0 Å². The number of carbonyl (C=O) groups excluding carboxylic acids is 1. The molecule has 1 aliphatic heterocycles. The summed E-state index contributed by atoms with van der Waals surface area (Å²) in [7, 11) is 0. The first-order valence-electron chi connectivity index (χ1n) is 6.49. The molecule has 1 aromatic rings. The maximum atomic E-state index is 12.6. The van der Waals surface area contributed by atoms with Crippen molar-refractivity contribution in [1.29, 1.82) is 0 Å². The normalized spacial score (nSPS) is 22.3. The molecular weight excluding hydrogens is 363 g/mol. The summed E-state index contributed by atoms with van der Waals surface area (Å²) in [5.41, 5.74) is 6.35. The predicted octanol–water partition coefficient (Wildman–Crippen LogP) is 3.72. The van der Waals surface area contributed by atoms with Gasteiger partial charge in [-0.3, -0.25) is 4.79 Å². The Balaban J connectivity index is 0.00000200. The summed E-state index contributed by atoms with van der Waals surface area (Å²) in [5, 5.41) is 0.474. The van der Waals surface area contributed by atoms with Gasteiger partial charge in [-0.2, -0.15) is 0 Å². The molecule has 0 aromatic heterocycles. The number of amides is 1. The molecule has 1 heterocycles. The van der Waals surface area contributed by atoms with Crippen molar-refractivity contribution in [2.24, 2.45) is 11.7 Å². The molecule has 112 valence electrons. The number of carbonyl (C=O) groups is 1. The summed E-state index contributed by atoms with van der Waals surface area (Å²) in [4.78, 5) is 14.5. The number of benzene rings is 1. The monoisotopic (exact) mass is 380 g/mol. The third kappa shape index (κ3) is 3.67. The highest BCUT2D eigenvalue weighted by Gasteiger charge is 2.30. The van der Waals surface area contributed by atoms with Crippen molar-refractivity contribution < 1.29 is 4.79 Å². The molecule has 2 atom stereocenters. The van der Waals surface area contributed by atoms with E-state index < -0.39 is 0 Å². The number of likely N-dealkylation sites (tertiary alicyclic amines) is 1. The number of nitrogens with two attached hydrogens (primary N) is 1. The molecule has 0 aliphatic carbocycles. The van der Waals surface area contributed by atoms with Gasteiger partial charge < -0.3 is 10.6 Å². The van der Waals surface area contributed by atoms with Gasteiger partial charge in [-0.1, -0.05) is 24.6 Å². The van der Waals surface area contributed by atoms with Gasteiger partial charge in [0, 0.05) is 23.6 Å². The Kier molecular flexibility index (Phi) is 6.79. The van der Waals surface area contributed by atoms with Crippen LogP contribution in [0, 0.1) is 5.92 Å². The first-order valence-corrected chi connectivity index (χ1v) is 7.66. The molecule has 0 saturated carbocycles. The molecule has 3 nitrogen and oxygen atoms in total. The lowest BCUT2D eigenvalue weighted by Crippen LogP contribution is -2.49. The second-order valence-electron chi connectivity index (χ2n) is 5.12. The van der Waals surface area contributed by atoms with E-state index in [1.807, 2.05) is 17.0 Å². The number of piperidine rings is 1. The summed E-state index contributed by atoms with van der Waals surface area (Å²) in [6.45, 7) is 3.46. The van der Waals surface area contributed by atoms with E-state index in [9.17, 15) is 4.79 Å². The van der Waals surface area contributed by atoms with Crippen molar-refractivity contribution in [3.05, 3.63) is 33.3 Å². The Labute approximate surface area is 139 Å². The molecule has 0 spiro atoms. The molecular formula is C14H19BrCl2N2O. The molecule has 2 unspecified atom stereocenters. The van der Waals surface area contributed by atoms with E-state index >= 15 is 0 Å². The van der Waals surface area contributed by atoms with E-state index in [0.717, 1.165) is 23.9 Å². The lowest BCUT2D eigenvalue weighted by molar-refractivity contribution is 0.0574. The molecule has 2 N–H and O–H groups in total. The van der Waals surface area contributed by atoms with Gasteiger partial charge in [0.2, 0.25) is 0 Å². The van der Waals surface area contributed by atoms with Crippen LogP contribution in [0.3, 0.4) is 0 Å². The SMILES string of the molecule is CC1CCN(C(=O)c2cccc(Br)c2Cl)C(CN)C1.Cl. The van der Waals surface area contributed by atoms with Crippen LogP contribution in [0.2, 0.25) is 5.02 Å². The Bertz CT molecular complexity index is 484. The van der Waals surface area contributed by atoms with Crippen LogP contribution in [0.15, 0.2) is 22.7 Å². The van der Waals surface area contributed by atoms with Crippen LogP contribution in [0.25, 0.3) is 0 Å². The third-order valence-corrected chi connectivity index (χ3v) is 4.99. The van der Waals surface area contributed by atoms with E-state index in [1.54, 1.807) is 6.07 Å². The zero-order chi connectivity index (χ0) is 14.0. The molecule has 6 heteroatoms. The quantitative estimate of drug-likeness (QED) is 0.848. The van der Waals surface area contributed by atoms with Crippen molar-refractivity contribution in [1.82, 2.24) is 4.90 Å². The van der Waals surface area contributed by atoms with Gasteiger partial charge in [0.1, 0.15) is 0 Å². The topological polar surface area (TPSA) is 46.3 Å². The molecule has 0 bridgehead atoms. The van der Waals surface area contributed by atoms with Crippen LogP contribution >= 0.6 is 39.9 Å². The number of rotatable bonds is 2. The highest BCUT2D eigenvalue weighted by Crippen LogP contribution is 2.29. The molecule has 1 amide bonds. The van der Waals surface area contributed by atoms with E-state index in [2.05, 4.69) is 22.9 Å². The molecule has 2 rings (SSSR count). The van der Waals surface area contributed by atoms with Gasteiger partial charge in [-0.25, -0.2) is 0 Å². The molecule has 20 heavy (non-hydrogen) atoms. The minimum atomic E-state index is -0.0198. The van der Waals surface area contributed by atoms with Crippen LogP contribution < -0.4 is 5.73 Å². The standard InChI is InChI=1S/C14H18BrClN2O.ClH/c1-9-5-6-18(10(7-9)8-17)14(19)11-3-2-4-12(15)13(11)16;/h2-4,9-10H,5-8,17H2,1H3;1H. The van der Waals surface area contributed by atoms with E-state index in [1.165, 1.54) is 0 Å². The predicted molar refractivity (Wildman–Crippen MR) is 88.7 cm³/mol. The van der Waals surface area contributed by atoms with E-state index in [-0.39, 0.29) is 24.4 Å².